The van der Waals surface area contributed by atoms with Gasteiger partial charge in [0.1, 0.15) is 12.4 Å². The van der Waals surface area contributed by atoms with Crippen molar-refractivity contribution in [2.45, 2.75) is 26.9 Å². The summed E-state index contributed by atoms with van der Waals surface area (Å²) in [4.78, 5) is 11.5. The lowest BCUT2D eigenvalue weighted by molar-refractivity contribution is 0.140. The fourth-order valence-electron chi connectivity index (χ4n) is 2.27. The van der Waals surface area contributed by atoms with Crippen LogP contribution in [0.5, 0.6) is 5.75 Å². The van der Waals surface area contributed by atoms with Gasteiger partial charge in [0.2, 0.25) is 0 Å². The van der Waals surface area contributed by atoms with Crippen LogP contribution in [0.25, 0.3) is 0 Å². The van der Waals surface area contributed by atoms with E-state index in [9.17, 15) is 10.0 Å². The van der Waals surface area contributed by atoms with Crippen LogP contribution in [0.15, 0.2) is 42.5 Å². The molecule has 122 valence electrons. The smallest absolute Gasteiger partial charge is 0.438 e. The maximum atomic E-state index is 11.5. The molecular formula is C18H21NO4. The first-order valence-electron chi connectivity index (χ1n) is 7.44. The first kappa shape index (κ1) is 16.8. The minimum absolute atomic E-state index is 0.233. The molecule has 0 saturated heterocycles. The molecule has 0 aliphatic carbocycles. The van der Waals surface area contributed by atoms with Crippen LogP contribution in [-0.2, 0) is 17.8 Å². The third-order valence-electron chi connectivity index (χ3n) is 3.60. The van der Waals surface area contributed by atoms with E-state index in [4.69, 9.17) is 4.74 Å². The highest BCUT2D eigenvalue weighted by molar-refractivity contribution is 5.85. The number of amides is 1. The van der Waals surface area contributed by atoms with Crippen LogP contribution in [0.3, 0.4) is 0 Å². The zero-order chi connectivity index (χ0) is 16.8. The van der Waals surface area contributed by atoms with Gasteiger partial charge in [-0.1, -0.05) is 37.3 Å². The van der Waals surface area contributed by atoms with Gasteiger partial charge in [-0.25, -0.2) is 4.79 Å². The van der Waals surface area contributed by atoms with Gasteiger partial charge >= 0.3 is 6.09 Å². The van der Waals surface area contributed by atoms with Crippen molar-refractivity contribution in [1.82, 2.24) is 0 Å². The summed E-state index contributed by atoms with van der Waals surface area (Å²) in [5.41, 5.74) is 3.32. The summed E-state index contributed by atoms with van der Waals surface area (Å²) in [5, 5.41) is 10.4. The lowest BCUT2D eigenvalue weighted by atomic mass is 10.1. The lowest BCUT2D eigenvalue weighted by Crippen LogP contribution is -2.27. The van der Waals surface area contributed by atoms with Crippen molar-refractivity contribution in [2.75, 3.05) is 12.2 Å². The summed E-state index contributed by atoms with van der Waals surface area (Å²) in [5.74, 6) is 0.777. The summed E-state index contributed by atoms with van der Waals surface area (Å²) >= 11 is 0. The van der Waals surface area contributed by atoms with Crippen molar-refractivity contribution in [2.24, 2.45) is 0 Å². The van der Waals surface area contributed by atoms with Crippen LogP contribution in [0, 0.1) is 6.92 Å². The second-order valence-corrected chi connectivity index (χ2v) is 5.15. The van der Waals surface area contributed by atoms with E-state index >= 15 is 0 Å². The fraction of sp³-hybridized carbons (Fsp3) is 0.278. The number of rotatable bonds is 5. The topological polar surface area (TPSA) is 59.0 Å². The molecule has 2 aromatic carbocycles. The minimum atomic E-state index is -0.846. The van der Waals surface area contributed by atoms with E-state index in [2.05, 4.69) is 17.7 Å². The maximum absolute atomic E-state index is 11.5. The first-order valence-corrected chi connectivity index (χ1v) is 7.44. The Morgan fingerprint density at radius 3 is 2.61 bits per heavy atom. The monoisotopic (exact) mass is 315 g/mol. The van der Waals surface area contributed by atoms with Crippen molar-refractivity contribution in [3.63, 3.8) is 0 Å². The number of methoxy groups -OCH3 is 1. The Kier molecular flexibility index (Phi) is 5.60. The van der Waals surface area contributed by atoms with Crippen molar-refractivity contribution < 1.29 is 19.5 Å². The van der Waals surface area contributed by atoms with Crippen LogP contribution in [0.1, 0.15) is 23.6 Å². The average Bonchev–Trinajstić information content (AvgIpc) is 2.59. The molecular weight excluding hydrogens is 294 g/mol. The van der Waals surface area contributed by atoms with E-state index in [1.54, 1.807) is 18.2 Å². The first-order chi connectivity index (χ1) is 11.1. The number of benzene rings is 2. The van der Waals surface area contributed by atoms with Gasteiger partial charge < -0.3 is 9.47 Å². The number of ether oxygens (including phenoxy) is 2. The van der Waals surface area contributed by atoms with Crippen LogP contribution in [-0.4, -0.2) is 18.4 Å². The Morgan fingerprint density at radius 2 is 1.96 bits per heavy atom. The largest absolute Gasteiger partial charge is 0.489 e. The lowest BCUT2D eigenvalue weighted by Gasteiger charge is -2.18. The number of hydroxylamine groups is 1. The highest BCUT2D eigenvalue weighted by Gasteiger charge is 2.17. The quantitative estimate of drug-likeness (QED) is 0.666. The van der Waals surface area contributed by atoms with E-state index in [1.165, 1.54) is 12.7 Å². The highest BCUT2D eigenvalue weighted by Crippen LogP contribution is 2.24. The zero-order valence-corrected chi connectivity index (χ0v) is 13.6. The van der Waals surface area contributed by atoms with Crippen LogP contribution in [0.4, 0.5) is 10.5 Å². The number of hydrogen-bond acceptors (Lipinski definition) is 4. The predicted octanol–water partition coefficient (Wildman–Crippen LogP) is 4.10. The molecule has 0 aliphatic heterocycles. The molecule has 0 spiro atoms. The van der Waals surface area contributed by atoms with Gasteiger partial charge in [-0.3, -0.25) is 5.21 Å². The second kappa shape index (κ2) is 7.65. The van der Waals surface area contributed by atoms with Crippen molar-refractivity contribution in [3.8, 4) is 5.75 Å². The molecule has 0 aromatic heterocycles. The number of carbonyl (C=O) groups is 1. The molecule has 0 bridgehead atoms. The standard InChI is InChI=1S/C18H21NO4/c1-4-14-9-10-17(13(2)11-14)23-12-15-7-5-6-8-16(15)19(21)18(20)22-3/h5-11,21H,4,12H2,1-3H3. The molecule has 2 rings (SSSR count). The number of aryl methyl sites for hydroxylation is 2. The molecule has 0 atom stereocenters. The highest BCUT2D eigenvalue weighted by atomic mass is 16.6. The van der Waals surface area contributed by atoms with E-state index < -0.39 is 6.09 Å². The molecule has 0 saturated carbocycles. The second-order valence-electron chi connectivity index (χ2n) is 5.15. The molecule has 0 heterocycles. The van der Waals surface area contributed by atoms with Gasteiger partial charge in [-0.15, -0.1) is 0 Å². The third-order valence-corrected chi connectivity index (χ3v) is 3.60. The molecule has 0 fully saturated rings. The molecule has 5 nitrogen and oxygen atoms in total. The molecule has 1 N–H and O–H groups in total. The summed E-state index contributed by atoms with van der Waals surface area (Å²) < 4.78 is 10.4. The van der Waals surface area contributed by atoms with Crippen LogP contribution in [0.2, 0.25) is 0 Å². The van der Waals surface area contributed by atoms with Gasteiger partial charge in [0.05, 0.1) is 12.8 Å². The normalized spacial score (nSPS) is 10.3. The molecule has 2 aromatic rings. The van der Waals surface area contributed by atoms with Gasteiger partial charge in [0, 0.05) is 5.56 Å². The third kappa shape index (κ3) is 4.02. The maximum Gasteiger partial charge on any atom is 0.438 e. The van der Waals surface area contributed by atoms with Gasteiger partial charge in [0.15, 0.2) is 0 Å². The average molecular weight is 315 g/mol. The van der Waals surface area contributed by atoms with E-state index in [-0.39, 0.29) is 6.61 Å². The molecule has 0 unspecified atom stereocenters. The van der Waals surface area contributed by atoms with Crippen molar-refractivity contribution >= 4 is 11.8 Å². The zero-order valence-electron chi connectivity index (χ0n) is 13.6. The number of anilines is 1. The number of para-hydroxylation sites is 1. The number of hydrogen-bond donors (Lipinski definition) is 1. The van der Waals surface area contributed by atoms with E-state index in [0.717, 1.165) is 17.7 Å². The molecule has 5 heteroatoms. The van der Waals surface area contributed by atoms with Crippen LogP contribution >= 0.6 is 0 Å². The Hall–Kier alpha value is -2.53. The van der Waals surface area contributed by atoms with Crippen LogP contribution < -0.4 is 9.80 Å². The summed E-state index contributed by atoms with van der Waals surface area (Å²) in [6.07, 6.45) is 0.128. The predicted molar refractivity (Wildman–Crippen MR) is 88.0 cm³/mol. The minimum Gasteiger partial charge on any atom is -0.489 e. The van der Waals surface area contributed by atoms with Crippen molar-refractivity contribution in [3.05, 3.63) is 59.2 Å². The Bertz CT molecular complexity index is 684. The fourth-order valence-corrected chi connectivity index (χ4v) is 2.27. The van der Waals surface area contributed by atoms with Gasteiger partial charge in [0.25, 0.3) is 0 Å². The molecule has 0 aliphatic rings. The van der Waals surface area contributed by atoms with Gasteiger partial charge in [-0.2, -0.15) is 5.06 Å². The molecule has 23 heavy (non-hydrogen) atoms. The summed E-state index contributed by atoms with van der Waals surface area (Å²) in [6, 6.07) is 13.0. The number of nitrogens with zero attached hydrogens (tertiary/aromatic N) is 1. The van der Waals surface area contributed by atoms with E-state index in [1.807, 2.05) is 25.1 Å². The van der Waals surface area contributed by atoms with Crippen molar-refractivity contribution in [1.29, 1.82) is 0 Å². The Labute approximate surface area is 136 Å². The summed E-state index contributed by atoms with van der Waals surface area (Å²) in [6.45, 7) is 4.33. The molecule has 0 radical (unpaired) electrons. The Morgan fingerprint density at radius 1 is 1.22 bits per heavy atom. The van der Waals surface area contributed by atoms with E-state index in [0.29, 0.717) is 16.3 Å². The summed E-state index contributed by atoms with van der Waals surface area (Å²) in [7, 11) is 1.21. The number of carbonyl (C=O) groups excluding carboxylic acids is 1. The van der Waals surface area contributed by atoms with Gasteiger partial charge in [-0.05, 0) is 36.6 Å². The molecule has 1 amide bonds. The SMILES string of the molecule is CCc1ccc(OCc2ccccc2N(O)C(=O)OC)c(C)c1. The Balaban J connectivity index is 2.16.